The van der Waals surface area contributed by atoms with Crippen LogP contribution >= 0.6 is 0 Å². The number of hydrogen-bond donors (Lipinski definition) is 2. The van der Waals surface area contributed by atoms with Crippen molar-refractivity contribution in [3.8, 4) is 0 Å². The molecule has 0 aliphatic heterocycles. The Morgan fingerprint density at radius 3 is 2.62 bits per heavy atom. The molecule has 72 valence electrons. The van der Waals surface area contributed by atoms with Crippen molar-refractivity contribution in [1.82, 2.24) is 4.98 Å². The second-order valence-electron chi connectivity index (χ2n) is 2.39. The third-order valence-corrected chi connectivity index (χ3v) is 1.54. The topological polar surface area (TPSA) is 58.9 Å². The molecule has 1 aromatic heterocycles. The Labute approximate surface area is 71.4 Å². The Hall–Kier alpha value is -1.30. The van der Waals surface area contributed by atoms with Gasteiger partial charge in [-0.2, -0.15) is 0 Å². The number of nitrogens with two attached hydrogens (primary N) is 1. The summed E-state index contributed by atoms with van der Waals surface area (Å²) in [4.78, 5) is 12.8. The van der Waals surface area contributed by atoms with Crippen molar-refractivity contribution in [1.29, 1.82) is 0 Å². The van der Waals surface area contributed by atoms with Gasteiger partial charge < -0.3 is 10.7 Å². The van der Waals surface area contributed by atoms with Gasteiger partial charge in [-0.15, -0.1) is 0 Å². The van der Waals surface area contributed by atoms with Gasteiger partial charge in [0.2, 0.25) is 0 Å². The molecule has 1 aromatic rings. The fourth-order valence-electron chi connectivity index (χ4n) is 0.869. The normalized spacial score (nSPS) is 10.8. The van der Waals surface area contributed by atoms with Gasteiger partial charge in [0.15, 0.2) is 0 Å². The molecular formula is C7H7F3N2O. The van der Waals surface area contributed by atoms with Crippen LogP contribution in [0.25, 0.3) is 0 Å². The molecular weight excluding hydrogens is 185 g/mol. The van der Waals surface area contributed by atoms with E-state index in [2.05, 4.69) is 0 Å². The maximum Gasteiger partial charge on any atom is 0.269 e. The van der Waals surface area contributed by atoms with E-state index in [0.717, 1.165) is 0 Å². The number of H-pyrrole nitrogens is 1. The van der Waals surface area contributed by atoms with E-state index in [1.165, 1.54) is 0 Å². The largest absolute Gasteiger partial charge is 0.325 e. The maximum absolute atomic E-state index is 12.8. The first-order valence-corrected chi connectivity index (χ1v) is 3.46. The van der Waals surface area contributed by atoms with Gasteiger partial charge in [-0.25, -0.2) is 13.2 Å². The molecule has 1 heterocycles. The summed E-state index contributed by atoms with van der Waals surface area (Å²) in [6.45, 7) is -0.232. The minimum absolute atomic E-state index is 0.172. The summed E-state index contributed by atoms with van der Waals surface area (Å²) in [5.41, 5.74) is 2.99. The highest BCUT2D eigenvalue weighted by molar-refractivity contribution is 5.17. The Kier molecular flexibility index (Phi) is 2.72. The summed E-state index contributed by atoms with van der Waals surface area (Å²) in [6.07, 6.45) is -2.98. The number of aromatic nitrogens is 1. The van der Waals surface area contributed by atoms with Crippen LogP contribution in [0.2, 0.25) is 0 Å². The smallest absolute Gasteiger partial charge is 0.269 e. The highest BCUT2D eigenvalue weighted by Gasteiger charge is 2.15. The number of nitrogens with one attached hydrogen (secondary N) is 1. The molecule has 0 saturated carbocycles. The van der Waals surface area contributed by atoms with Crippen LogP contribution in [0.5, 0.6) is 0 Å². The molecule has 0 radical (unpaired) electrons. The minimum Gasteiger partial charge on any atom is -0.325 e. The van der Waals surface area contributed by atoms with Gasteiger partial charge in [-0.05, 0) is 6.07 Å². The maximum atomic E-state index is 12.8. The summed E-state index contributed by atoms with van der Waals surface area (Å²) >= 11 is 0. The molecule has 0 aromatic carbocycles. The number of aromatic amines is 1. The molecule has 0 atom stereocenters. The molecule has 1 rings (SSSR count). The van der Waals surface area contributed by atoms with Crippen molar-refractivity contribution < 1.29 is 13.2 Å². The van der Waals surface area contributed by atoms with E-state index in [1.54, 1.807) is 0 Å². The summed E-state index contributed by atoms with van der Waals surface area (Å²) in [5.74, 6) is -0.919. The van der Waals surface area contributed by atoms with Crippen molar-refractivity contribution in [3.63, 3.8) is 0 Å². The van der Waals surface area contributed by atoms with Crippen molar-refractivity contribution in [3.05, 3.63) is 33.5 Å². The number of alkyl halides is 2. The van der Waals surface area contributed by atoms with Crippen LogP contribution in [0, 0.1) is 5.82 Å². The zero-order valence-electron chi connectivity index (χ0n) is 6.48. The standard InChI is InChI=1S/C7H7F3N2O/c8-4-1-3(6(9)10)7(13)12-5(4)2-11/h1,6H,2,11H2,(H,12,13). The molecule has 0 aliphatic carbocycles. The second kappa shape index (κ2) is 3.61. The quantitative estimate of drug-likeness (QED) is 0.731. The van der Waals surface area contributed by atoms with Crippen molar-refractivity contribution in [2.45, 2.75) is 13.0 Å². The van der Waals surface area contributed by atoms with E-state index in [4.69, 9.17) is 5.73 Å². The van der Waals surface area contributed by atoms with Crippen LogP contribution in [0.3, 0.4) is 0 Å². The lowest BCUT2D eigenvalue weighted by Crippen LogP contribution is -2.18. The molecule has 0 unspecified atom stereocenters. The lowest BCUT2D eigenvalue weighted by Gasteiger charge is -2.02. The van der Waals surface area contributed by atoms with E-state index in [1.807, 2.05) is 4.98 Å². The predicted molar refractivity (Wildman–Crippen MR) is 39.9 cm³/mol. The second-order valence-corrected chi connectivity index (χ2v) is 2.39. The number of pyridine rings is 1. The Morgan fingerprint density at radius 2 is 2.15 bits per heavy atom. The summed E-state index contributed by atoms with van der Waals surface area (Å²) in [5, 5.41) is 0. The third-order valence-electron chi connectivity index (χ3n) is 1.54. The van der Waals surface area contributed by atoms with Gasteiger partial charge >= 0.3 is 0 Å². The van der Waals surface area contributed by atoms with Gasteiger partial charge in [-0.3, -0.25) is 4.79 Å². The van der Waals surface area contributed by atoms with E-state index in [9.17, 15) is 18.0 Å². The highest BCUT2D eigenvalue weighted by Crippen LogP contribution is 2.15. The molecule has 6 heteroatoms. The van der Waals surface area contributed by atoms with Gasteiger partial charge in [0.1, 0.15) is 5.82 Å². The fourth-order valence-corrected chi connectivity index (χ4v) is 0.869. The van der Waals surface area contributed by atoms with Crippen molar-refractivity contribution in [2.75, 3.05) is 0 Å². The van der Waals surface area contributed by atoms with E-state index < -0.39 is 23.4 Å². The lowest BCUT2D eigenvalue weighted by atomic mass is 10.2. The minimum atomic E-state index is -2.98. The van der Waals surface area contributed by atoms with Gasteiger partial charge in [0.25, 0.3) is 12.0 Å². The molecule has 0 saturated heterocycles. The predicted octanol–water partition coefficient (Wildman–Crippen LogP) is 0.910. The Balaban J connectivity index is 3.29. The average molecular weight is 192 g/mol. The summed E-state index contributed by atoms with van der Waals surface area (Å²) in [7, 11) is 0. The molecule has 13 heavy (non-hydrogen) atoms. The molecule has 3 N–H and O–H groups in total. The highest BCUT2D eigenvalue weighted by atomic mass is 19.3. The molecule has 0 spiro atoms. The molecule has 0 amide bonds. The fraction of sp³-hybridized carbons (Fsp3) is 0.286. The first kappa shape index (κ1) is 9.79. The lowest BCUT2D eigenvalue weighted by molar-refractivity contribution is 0.149. The van der Waals surface area contributed by atoms with Gasteiger partial charge in [-0.1, -0.05) is 0 Å². The molecule has 3 nitrogen and oxygen atoms in total. The van der Waals surface area contributed by atoms with Crippen LogP contribution in [0.4, 0.5) is 13.2 Å². The van der Waals surface area contributed by atoms with Crippen LogP contribution in [0.15, 0.2) is 10.9 Å². The molecule has 0 fully saturated rings. The first-order valence-electron chi connectivity index (χ1n) is 3.46. The zero-order valence-corrected chi connectivity index (χ0v) is 6.48. The van der Waals surface area contributed by atoms with Gasteiger partial charge in [0, 0.05) is 6.54 Å². The van der Waals surface area contributed by atoms with Crippen molar-refractivity contribution in [2.24, 2.45) is 5.73 Å². The van der Waals surface area contributed by atoms with Crippen molar-refractivity contribution >= 4 is 0 Å². The van der Waals surface area contributed by atoms with Crippen LogP contribution in [-0.2, 0) is 6.54 Å². The van der Waals surface area contributed by atoms with Crippen LogP contribution in [-0.4, -0.2) is 4.98 Å². The van der Waals surface area contributed by atoms with E-state index >= 15 is 0 Å². The van der Waals surface area contributed by atoms with E-state index in [-0.39, 0.29) is 12.2 Å². The SMILES string of the molecule is NCc1[nH]c(=O)c(C(F)F)cc1F. The summed E-state index contributed by atoms with van der Waals surface area (Å²) in [6, 6.07) is 0.506. The monoisotopic (exact) mass is 192 g/mol. The van der Waals surface area contributed by atoms with Crippen LogP contribution in [0.1, 0.15) is 17.7 Å². The van der Waals surface area contributed by atoms with E-state index in [0.29, 0.717) is 6.07 Å². The molecule has 0 bridgehead atoms. The first-order chi connectivity index (χ1) is 6.06. The summed E-state index contributed by atoms with van der Waals surface area (Å²) < 4.78 is 36.9. The molecule has 0 aliphatic rings. The third kappa shape index (κ3) is 1.89. The number of halogens is 3. The number of hydrogen-bond acceptors (Lipinski definition) is 2. The average Bonchev–Trinajstić information content (AvgIpc) is 2.07. The Morgan fingerprint density at radius 1 is 1.54 bits per heavy atom. The van der Waals surface area contributed by atoms with Crippen LogP contribution < -0.4 is 11.3 Å². The Bertz CT molecular complexity index is 361. The van der Waals surface area contributed by atoms with Gasteiger partial charge in [0.05, 0.1) is 11.3 Å². The zero-order chi connectivity index (χ0) is 10.0. The number of rotatable bonds is 2.